The van der Waals surface area contributed by atoms with Gasteiger partial charge in [-0.1, -0.05) is 11.6 Å². The minimum absolute atomic E-state index is 0.149. The third kappa shape index (κ3) is 1.82. The van der Waals surface area contributed by atoms with E-state index in [1.165, 1.54) is 0 Å². The zero-order valence-corrected chi connectivity index (χ0v) is 11.3. The van der Waals surface area contributed by atoms with Crippen LogP contribution in [0.3, 0.4) is 0 Å². The molecule has 1 amide bonds. The van der Waals surface area contributed by atoms with Crippen LogP contribution in [0.1, 0.15) is 35.9 Å². The first-order valence-corrected chi connectivity index (χ1v) is 6.07. The molecule has 0 aromatic carbocycles. The molecular formula is C13H15ClN2O2. The van der Waals surface area contributed by atoms with Crippen LogP contribution in [0.5, 0.6) is 0 Å². The average Bonchev–Trinajstić information content (AvgIpc) is 2.83. The summed E-state index contributed by atoms with van der Waals surface area (Å²) in [5.41, 5.74) is 7.20. The number of rotatable bonds is 3. The van der Waals surface area contributed by atoms with Gasteiger partial charge in [-0.2, -0.15) is 0 Å². The van der Waals surface area contributed by atoms with Gasteiger partial charge in [0.25, 0.3) is 5.91 Å². The van der Waals surface area contributed by atoms with Crippen LogP contribution < -0.4 is 5.73 Å². The smallest absolute Gasteiger partial charge is 0.252 e. The van der Waals surface area contributed by atoms with Crippen LogP contribution in [0, 0.1) is 6.92 Å². The first kappa shape index (κ1) is 12.8. The highest BCUT2D eigenvalue weighted by Gasteiger charge is 2.25. The zero-order chi connectivity index (χ0) is 13.4. The van der Waals surface area contributed by atoms with E-state index in [1.807, 2.05) is 31.4 Å². The second-order valence-corrected chi connectivity index (χ2v) is 4.81. The highest BCUT2D eigenvalue weighted by atomic mass is 35.5. The first-order valence-electron chi connectivity index (χ1n) is 5.69. The number of primary amides is 1. The lowest BCUT2D eigenvalue weighted by Gasteiger charge is -2.14. The number of nitrogens with zero attached hydrogens (tertiary/aromatic N) is 1. The van der Waals surface area contributed by atoms with Gasteiger partial charge in [0.15, 0.2) is 5.76 Å². The molecular weight excluding hydrogens is 252 g/mol. The monoisotopic (exact) mass is 266 g/mol. The summed E-state index contributed by atoms with van der Waals surface area (Å²) in [5, 5.41) is 0.351. The van der Waals surface area contributed by atoms with E-state index in [0.717, 1.165) is 5.69 Å². The Morgan fingerprint density at radius 2 is 2.17 bits per heavy atom. The lowest BCUT2D eigenvalue weighted by molar-refractivity contribution is 0.0999. The fraction of sp³-hybridized carbons (Fsp3) is 0.308. The van der Waals surface area contributed by atoms with Gasteiger partial charge in [0.1, 0.15) is 5.69 Å². The van der Waals surface area contributed by atoms with E-state index in [-0.39, 0.29) is 6.04 Å². The minimum Gasteiger partial charge on any atom is -0.463 e. The molecule has 0 aliphatic rings. The van der Waals surface area contributed by atoms with Crippen LogP contribution in [0.4, 0.5) is 0 Å². The molecule has 2 aromatic heterocycles. The topological polar surface area (TPSA) is 61.2 Å². The molecule has 0 saturated heterocycles. The molecule has 0 spiro atoms. The van der Waals surface area contributed by atoms with E-state index < -0.39 is 5.91 Å². The van der Waals surface area contributed by atoms with Crippen LogP contribution in [-0.4, -0.2) is 10.5 Å². The lowest BCUT2D eigenvalue weighted by Crippen LogP contribution is -2.13. The summed E-state index contributed by atoms with van der Waals surface area (Å²) in [4.78, 5) is 11.5. The molecule has 0 unspecified atom stereocenters. The molecule has 0 fully saturated rings. The molecule has 2 rings (SSSR count). The Kier molecular flexibility index (Phi) is 3.22. The Bertz CT molecular complexity index is 583. The number of hydrogen-bond donors (Lipinski definition) is 1. The minimum atomic E-state index is -0.523. The van der Waals surface area contributed by atoms with Gasteiger partial charge in [-0.3, -0.25) is 4.79 Å². The van der Waals surface area contributed by atoms with Crippen LogP contribution in [-0.2, 0) is 0 Å². The highest BCUT2D eigenvalue weighted by Crippen LogP contribution is 2.37. The van der Waals surface area contributed by atoms with Crippen molar-refractivity contribution in [2.75, 3.05) is 0 Å². The van der Waals surface area contributed by atoms with Gasteiger partial charge in [-0.05, 0) is 32.9 Å². The van der Waals surface area contributed by atoms with Gasteiger partial charge in [0, 0.05) is 11.7 Å². The van der Waals surface area contributed by atoms with Crippen molar-refractivity contribution in [1.82, 2.24) is 4.57 Å². The summed E-state index contributed by atoms with van der Waals surface area (Å²) in [6, 6.07) is 3.74. The van der Waals surface area contributed by atoms with Crippen LogP contribution in [0.2, 0.25) is 5.02 Å². The van der Waals surface area contributed by atoms with E-state index in [2.05, 4.69) is 0 Å². The molecule has 2 heterocycles. The molecule has 0 aliphatic heterocycles. The summed E-state index contributed by atoms with van der Waals surface area (Å²) >= 11 is 6.28. The van der Waals surface area contributed by atoms with Gasteiger partial charge in [-0.15, -0.1) is 0 Å². The molecule has 0 atom stereocenters. The number of amides is 1. The van der Waals surface area contributed by atoms with Gasteiger partial charge in [0.05, 0.1) is 16.8 Å². The number of nitrogens with two attached hydrogens (primary N) is 1. The van der Waals surface area contributed by atoms with E-state index in [9.17, 15) is 4.79 Å². The Morgan fingerprint density at radius 3 is 2.61 bits per heavy atom. The zero-order valence-electron chi connectivity index (χ0n) is 10.5. The Hall–Kier alpha value is -1.68. The number of carbonyl (C=O) groups is 1. The quantitative estimate of drug-likeness (QED) is 0.926. The van der Waals surface area contributed by atoms with E-state index >= 15 is 0 Å². The van der Waals surface area contributed by atoms with Crippen molar-refractivity contribution in [3.05, 3.63) is 34.7 Å². The van der Waals surface area contributed by atoms with Gasteiger partial charge in [-0.25, -0.2) is 0 Å². The van der Waals surface area contributed by atoms with Crippen molar-refractivity contribution in [3.8, 4) is 11.5 Å². The normalized spacial score (nSPS) is 11.2. The SMILES string of the molecule is Cc1c(C(N)=O)c(Cl)c(-c2ccco2)n1C(C)C. The summed E-state index contributed by atoms with van der Waals surface area (Å²) in [5.74, 6) is 0.106. The summed E-state index contributed by atoms with van der Waals surface area (Å²) in [7, 11) is 0. The molecule has 0 radical (unpaired) electrons. The molecule has 0 aliphatic carbocycles. The van der Waals surface area contributed by atoms with Crippen molar-refractivity contribution in [2.24, 2.45) is 5.73 Å². The third-order valence-corrected chi connectivity index (χ3v) is 3.28. The maximum Gasteiger partial charge on any atom is 0.252 e. The van der Waals surface area contributed by atoms with Crippen LogP contribution in [0.15, 0.2) is 22.8 Å². The Balaban J connectivity index is 2.79. The number of furan rings is 1. The first-order chi connectivity index (χ1) is 8.45. The molecule has 96 valence electrons. The van der Waals surface area contributed by atoms with Crippen LogP contribution in [0.25, 0.3) is 11.5 Å². The number of carbonyl (C=O) groups excluding carboxylic acids is 1. The second-order valence-electron chi connectivity index (χ2n) is 4.43. The van der Waals surface area contributed by atoms with Gasteiger partial charge >= 0.3 is 0 Å². The van der Waals surface area contributed by atoms with Crippen molar-refractivity contribution >= 4 is 17.5 Å². The number of aromatic nitrogens is 1. The predicted molar refractivity (Wildman–Crippen MR) is 70.8 cm³/mol. The maximum absolute atomic E-state index is 11.5. The van der Waals surface area contributed by atoms with Crippen molar-refractivity contribution in [1.29, 1.82) is 0 Å². The molecule has 5 heteroatoms. The average molecular weight is 267 g/mol. The number of hydrogen-bond acceptors (Lipinski definition) is 2. The fourth-order valence-corrected chi connectivity index (χ4v) is 2.66. The highest BCUT2D eigenvalue weighted by molar-refractivity contribution is 6.36. The molecule has 2 aromatic rings. The largest absolute Gasteiger partial charge is 0.463 e. The lowest BCUT2D eigenvalue weighted by atomic mass is 10.2. The molecule has 18 heavy (non-hydrogen) atoms. The van der Waals surface area contributed by atoms with Crippen molar-refractivity contribution in [2.45, 2.75) is 26.8 Å². The fourth-order valence-electron chi connectivity index (χ4n) is 2.24. The predicted octanol–water partition coefficient (Wildman–Crippen LogP) is 3.39. The van der Waals surface area contributed by atoms with Crippen molar-refractivity contribution in [3.63, 3.8) is 0 Å². The Labute approximate surface area is 110 Å². The van der Waals surface area contributed by atoms with Gasteiger partial charge < -0.3 is 14.7 Å². The van der Waals surface area contributed by atoms with E-state index in [1.54, 1.807) is 12.3 Å². The molecule has 4 nitrogen and oxygen atoms in total. The van der Waals surface area contributed by atoms with Crippen LogP contribution >= 0.6 is 11.6 Å². The summed E-state index contributed by atoms with van der Waals surface area (Å²) < 4.78 is 7.34. The summed E-state index contributed by atoms with van der Waals surface area (Å²) in [6.07, 6.45) is 1.57. The maximum atomic E-state index is 11.5. The number of halogens is 1. The molecule has 2 N–H and O–H groups in total. The standard InChI is InChI=1S/C13H15ClN2O2/c1-7(2)16-8(3)10(13(15)17)11(14)12(16)9-5-4-6-18-9/h4-7H,1-3H3,(H2,15,17). The summed E-state index contributed by atoms with van der Waals surface area (Å²) in [6.45, 7) is 5.86. The van der Waals surface area contributed by atoms with E-state index in [4.69, 9.17) is 21.8 Å². The van der Waals surface area contributed by atoms with E-state index in [0.29, 0.717) is 22.0 Å². The van der Waals surface area contributed by atoms with Gasteiger partial charge in [0.2, 0.25) is 0 Å². The third-order valence-electron chi connectivity index (χ3n) is 2.91. The molecule has 0 saturated carbocycles. The van der Waals surface area contributed by atoms with Crippen molar-refractivity contribution < 1.29 is 9.21 Å². The molecule has 0 bridgehead atoms. The second kappa shape index (κ2) is 4.53. The Morgan fingerprint density at radius 1 is 1.50 bits per heavy atom.